The number of carbonyl (C=O) groups excluding carboxylic acids is 2. The van der Waals surface area contributed by atoms with Gasteiger partial charge in [-0.2, -0.15) is 0 Å². The zero-order valence-electron chi connectivity index (χ0n) is 18.6. The molecule has 166 valence electrons. The smallest absolute Gasteiger partial charge is 0.255 e. The van der Waals surface area contributed by atoms with Gasteiger partial charge in [0.05, 0.1) is 10.6 Å². The molecule has 1 aliphatic heterocycles. The molecule has 0 fully saturated rings. The fourth-order valence-electron chi connectivity index (χ4n) is 4.11. The second kappa shape index (κ2) is 11.3. The van der Waals surface area contributed by atoms with Gasteiger partial charge in [-0.25, -0.2) is 0 Å². The molecule has 0 unspecified atom stereocenters. The standard InChI is InChI=1S/C26H33ClN2O2/c1-20(2)18-25(30)29-17-11-5-3-4-10-16-28(19-21-12-6-9-15-24(21)29)26(31)22-13-7-8-14-23(22)27/h6-9,12-15,20H,3-5,10-11,16-19H2,1-2H3. The van der Waals surface area contributed by atoms with Gasteiger partial charge in [-0.15, -0.1) is 0 Å². The molecule has 0 bridgehead atoms. The summed E-state index contributed by atoms with van der Waals surface area (Å²) in [6.45, 7) is 6.01. The molecule has 31 heavy (non-hydrogen) atoms. The second-order valence-electron chi connectivity index (χ2n) is 8.75. The first kappa shape index (κ1) is 23.3. The van der Waals surface area contributed by atoms with Crippen LogP contribution in [0, 0.1) is 5.92 Å². The third-order valence-corrected chi connectivity index (χ3v) is 6.06. The van der Waals surface area contributed by atoms with Gasteiger partial charge < -0.3 is 9.80 Å². The molecule has 2 aromatic rings. The maximum Gasteiger partial charge on any atom is 0.255 e. The lowest BCUT2D eigenvalue weighted by molar-refractivity contribution is -0.119. The van der Waals surface area contributed by atoms with Gasteiger partial charge in [-0.1, -0.05) is 75.0 Å². The van der Waals surface area contributed by atoms with Crippen molar-refractivity contribution in [1.82, 2.24) is 4.90 Å². The summed E-state index contributed by atoms with van der Waals surface area (Å²) in [6.07, 6.45) is 5.77. The highest BCUT2D eigenvalue weighted by molar-refractivity contribution is 6.33. The van der Waals surface area contributed by atoms with Crippen LogP contribution in [0.5, 0.6) is 0 Å². The van der Waals surface area contributed by atoms with Crippen molar-refractivity contribution in [2.24, 2.45) is 5.92 Å². The highest BCUT2D eigenvalue weighted by Crippen LogP contribution is 2.27. The molecule has 1 heterocycles. The fraction of sp³-hybridized carbons (Fsp3) is 0.462. The van der Waals surface area contributed by atoms with Crippen LogP contribution in [0.4, 0.5) is 5.69 Å². The number of amides is 2. The van der Waals surface area contributed by atoms with Crippen LogP contribution in [-0.2, 0) is 11.3 Å². The molecular weight excluding hydrogens is 408 g/mol. The molecule has 0 spiro atoms. The van der Waals surface area contributed by atoms with Crippen molar-refractivity contribution in [2.45, 2.75) is 58.9 Å². The van der Waals surface area contributed by atoms with E-state index in [9.17, 15) is 9.59 Å². The van der Waals surface area contributed by atoms with E-state index in [4.69, 9.17) is 11.6 Å². The van der Waals surface area contributed by atoms with Crippen molar-refractivity contribution in [2.75, 3.05) is 18.0 Å². The van der Waals surface area contributed by atoms with Gasteiger partial charge in [0.2, 0.25) is 5.91 Å². The SMILES string of the molecule is CC(C)CC(=O)N1CCCCCCCN(C(=O)c2ccccc2Cl)Cc2ccccc21. The molecule has 3 rings (SSSR count). The number of hydrogen-bond donors (Lipinski definition) is 0. The molecule has 5 heteroatoms. The van der Waals surface area contributed by atoms with E-state index >= 15 is 0 Å². The molecule has 2 amide bonds. The Labute approximate surface area is 191 Å². The normalized spacial score (nSPS) is 15.7. The van der Waals surface area contributed by atoms with Gasteiger partial charge in [0.1, 0.15) is 0 Å². The van der Waals surface area contributed by atoms with Gasteiger partial charge in [0, 0.05) is 31.7 Å². The van der Waals surface area contributed by atoms with Crippen LogP contribution in [0.25, 0.3) is 0 Å². The topological polar surface area (TPSA) is 40.6 Å². The Kier molecular flexibility index (Phi) is 8.53. The van der Waals surface area contributed by atoms with Crippen LogP contribution < -0.4 is 4.90 Å². The molecule has 4 nitrogen and oxygen atoms in total. The summed E-state index contributed by atoms with van der Waals surface area (Å²) in [5.74, 6) is 0.403. The maximum absolute atomic E-state index is 13.4. The number of hydrogen-bond acceptors (Lipinski definition) is 2. The third kappa shape index (κ3) is 6.33. The van der Waals surface area contributed by atoms with E-state index in [0.29, 0.717) is 36.0 Å². The Hall–Kier alpha value is -2.33. The number of nitrogens with zero attached hydrogens (tertiary/aromatic N) is 2. The summed E-state index contributed by atoms with van der Waals surface area (Å²) in [5, 5.41) is 0.473. The second-order valence-corrected chi connectivity index (χ2v) is 9.15. The molecule has 0 radical (unpaired) electrons. The minimum absolute atomic E-state index is 0.0579. The third-order valence-electron chi connectivity index (χ3n) is 5.73. The van der Waals surface area contributed by atoms with Crippen LogP contribution in [0.15, 0.2) is 48.5 Å². The van der Waals surface area contributed by atoms with E-state index in [2.05, 4.69) is 13.8 Å². The van der Waals surface area contributed by atoms with Gasteiger partial charge in [-0.05, 0) is 42.5 Å². The summed E-state index contributed by atoms with van der Waals surface area (Å²) < 4.78 is 0. The zero-order valence-corrected chi connectivity index (χ0v) is 19.4. The quantitative estimate of drug-likeness (QED) is 0.559. The zero-order chi connectivity index (χ0) is 22.2. The van der Waals surface area contributed by atoms with Gasteiger partial charge in [0.25, 0.3) is 5.91 Å². The summed E-state index contributed by atoms with van der Waals surface area (Å²) >= 11 is 6.33. The number of halogens is 1. The molecule has 0 saturated carbocycles. The summed E-state index contributed by atoms with van der Waals surface area (Å²) in [7, 11) is 0. The number of rotatable bonds is 3. The maximum atomic E-state index is 13.4. The number of para-hydroxylation sites is 1. The Bertz CT molecular complexity index is 896. The predicted molar refractivity (Wildman–Crippen MR) is 128 cm³/mol. The summed E-state index contributed by atoms with van der Waals surface area (Å²) in [4.78, 5) is 30.3. The van der Waals surface area contributed by atoms with Crippen LogP contribution in [0.2, 0.25) is 5.02 Å². The largest absolute Gasteiger partial charge is 0.334 e. The average Bonchev–Trinajstić information content (AvgIpc) is 2.73. The van der Waals surface area contributed by atoms with E-state index in [1.807, 2.05) is 46.2 Å². The van der Waals surface area contributed by atoms with E-state index in [1.165, 1.54) is 0 Å². The highest BCUT2D eigenvalue weighted by Gasteiger charge is 2.23. The van der Waals surface area contributed by atoms with E-state index in [0.717, 1.165) is 49.9 Å². The van der Waals surface area contributed by atoms with Crippen molar-refractivity contribution >= 4 is 29.1 Å². The molecule has 1 aliphatic rings. The van der Waals surface area contributed by atoms with Gasteiger partial charge in [-0.3, -0.25) is 9.59 Å². The first-order valence-electron chi connectivity index (χ1n) is 11.4. The Morgan fingerprint density at radius 2 is 1.55 bits per heavy atom. The molecular formula is C26H33ClN2O2. The van der Waals surface area contributed by atoms with Crippen LogP contribution in [-0.4, -0.2) is 29.8 Å². The van der Waals surface area contributed by atoms with Crippen LogP contribution in [0.1, 0.15) is 68.3 Å². The first-order chi connectivity index (χ1) is 15.0. The molecule has 2 aromatic carbocycles. The highest BCUT2D eigenvalue weighted by atomic mass is 35.5. The minimum Gasteiger partial charge on any atom is -0.334 e. The number of anilines is 1. The molecule has 0 aliphatic carbocycles. The average molecular weight is 441 g/mol. The van der Waals surface area contributed by atoms with Crippen molar-refractivity contribution in [1.29, 1.82) is 0 Å². The fourth-order valence-corrected chi connectivity index (χ4v) is 4.33. The lowest BCUT2D eigenvalue weighted by Crippen LogP contribution is -2.36. The van der Waals surface area contributed by atoms with Gasteiger partial charge >= 0.3 is 0 Å². The summed E-state index contributed by atoms with van der Waals surface area (Å²) in [5.41, 5.74) is 2.45. The Morgan fingerprint density at radius 3 is 2.29 bits per heavy atom. The minimum atomic E-state index is -0.0579. The number of fused-ring (bicyclic) bond motifs is 1. The lowest BCUT2D eigenvalue weighted by atomic mass is 10.0. The molecule has 0 atom stereocenters. The number of carbonyl (C=O) groups is 2. The molecule has 0 N–H and O–H groups in total. The van der Waals surface area contributed by atoms with Crippen molar-refractivity contribution in [3.8, 4) is 0 Å². The lowest BCUT2D eigenvalue weighted by Gasteiger charge is -2.30. The van der Waals surface area contributed by atoms with E-state index < -0.39 is 0 Å². The Morgan fingerprint density at radius 1 is 0.903 bits per heavy atom. The van der Waals surface area contributed by atoms with Crippen molar-refractivity contribution in [3.63, 3.8) is 0 Å². The van der Waals surface area contributed by atoms with Crippen molar-refractivity contribution < 1.29 is 9.59 Å². The van der Waals surface area contributed by atoms with Gasteiger partial charge in [0.15, 0.2) is 0 Å². The molecule has 0 aromatic heterocycles. The predicted octanol–water partition coefficient (Wildman–Crippen LogP) is 6.33. The molecule has 0 saturated heterocycles. The van der Waals surface area contributed by atoms with Crippen LogP contribution in [0.3, 0.4) is 0 Å². The number of benzene rings is 2. The summed E-state index contributed by atoms with van der Waals surface area (Å²) in [6, 6.07) is 15.2. The van der Waals surface area contributed by atoms with Crippen molar-refractivity contribution in [3.05, 3.63) is 64.7 Å². The monoisotopic (exact) mass is 440 g/mol. The Balaban J connectivity index is 1.95. The van der Waals surface area contributed by atoms with Crippen LogP contribution >= 0.6 is 11.6 Å². The van der Waals surface area contributed by atoms with E-state index in [-0.39, 0.29) is 11.8 Å². The first-order valence-corrected chi connectivity index (χ1v) is 11.8. The van der Waals surface area contributed by atoms with E-state index in [1.54, 1.807) is 12.1 Å².